The zero-order chi connectivity index (χ0) is 17.1. The van der Waals surface area contributed by atoms with Gasteiger partial charge in [0.15, 0.2) is 0 Å². The van der Waals surface area contributed by atoms with E-state index < -0.39 is 0 Å². The lowest BCUT2D eigenvalue weighted by Gasteiger charge is -2.24. The van der Waals surface area contributed by atoms with Gasteiger partial charge in [0.05, 0.1) is 28.7 Å². The zero-order valence-corrected chi connectivity index (χ0v) is 13.9. The molecule has 0 amide bonds. The van der Waals surface area contributed by atoms with Gasteiger partial charge in [-0.2, -0.15) is 5.26 Å². The van der Waals surface area contributed by atoms with Gasteiger partial charge in [-0.3, -0.25) is 0 Å². The number of aryl methyl sites for hydroxylation is 1. The number of hydrogen-bond acceptors (Lipinski definition) is 3. The molecule has 0 fully saturated rings. The van der Waals surface area contributed by atoms with Gasteiger partial charge >= 0.3 is 0 Å². The molecule has 2 heterocycles. The van der Waals surface area contributed by atoms with Crippen LogP contribution < -0.4 is 0 Å². The minimum absolute atomic E-state index is 0.383. The Morgan fingerprint density at radius 1 is 1.12 bits per heavy atom. The summed E-state index contributed by atoms with van der Waals surface area (Å²) in [5.41, 5.74) is 7.52. The number of ether oxygens (including phenoxy) is 1. The fourth-order valence-electron chi connectivity index (χ4n) is 4.13. The molecule has 120 valence electrons. The van der Waals surface area contributed by atoms with Gasteiger partial charge in [-0.1, -0.05) is 36.4 Å². The van der Waals surface area contributed by atoms with E-state index in [0.29, 0.717) is 5.57 Å². The first-order valence-electron chi connectivity index (χ1n) is 8.19. The van der Waals surface area contributed by atoms with Crippen molar-refractivity contribution in [1.29, 1.82) is 5.26 Å². The zero-order valence-electron chi connectivity index (χ0n) is 13.9. The summed E-state index contributed by atoms with van der Waals surface area (Å²) in [6.07, 6.45) is -0.383. The Labute approximate surface area is 145 Å². The molecule has 0 N–H and O–H groups in total. The molecule has 1 aliphatic carbocycles. The predicted octanol–water partition coefficient (Wildman–Crippen LogP) is 4.29. The van der Waals surface area contributed by atoms with E-state index in [1.807, 2.05) is 43.4 Å². The average molecular weight is 325 g/mol. The molecule has 1 unspecified atom stereocenters. The Kier molecular flexibility index (Phi) is 2.79. The normalized spacial score (nSPS) is 17.8. The van der Waals surface area contributed by atoms with Crippen molar-refractivity contribution in [2.24, 2.45) is 12.0 Å². The van der Waals surface area contributed by atoms with Crippen molar-refractivity contribution >= 4 is 27.9 Å². The molecule has 4 heteroatoms. The molecule has 0 saturated heterocycles. The minimum atomic E-state index is -0.383. The van der Waals surface area contributed by atoms with Gasteiger partial charge in [0.2, 0.25) is 0 Å². The van der Waals surface area contributed by atoms with E-state index in [1.54, 1.807) is 7.11 Å². The standard InChI is InChI=1S/C21H15N3O/c1-24-16-10-6-4-8-13(16)18-20(24)19-17(14(11-22)21(18)25-2)12-7-3-5-9-15(12)23-19/h3-10,21H,1-2H3. The number of nitrogens with zero attached hydrogens (tertiary/aromatic N) is 3. The second-order valence-corrected chi connectivity index (χ2v) is 6.33. The second kappa shape index (κ2) is 4.92. The second-order valence-electron chi connectivity index (χ2n) is 6.33. The first-order valence-corrected chi connectivity index (χ1v) is 8.19. The number of fused-ring (bicyclic) bond motifs is 7. The van der Waals surface area contributed by atoms with Crippen LogP contribution >= 0.6 is 0 Å². The van der Waals surface area contributed by atoms with E-state index in [0.717, 1.165) is 44.7 Å². The minimum Gasteiger partial charge on any atom is -0.371 e. The maximum Gasteiger partial charge on any atom is 0.120 e. The summed E-state index contributed by atoms with van der Waals surface area (Å²) in [6, 6.07) is 18.6. The van der Waals surface area contributed by atoms with Crippen molar-refractivity contribution in [1.82, 2.24) is 4.57 Å². The summed E-state index contributed by atoms with van der Waals surface area (Å²) in [4.78, 5) is 4.87. The molecule has 1 aliphatic heterocycles. The van der Waals surface area contributed by atoms with Gasteiger partial charge in [0.1, 0.15) is 6.10 Å². The number of nitriles is 1. The average Bonchev–Trinajstić information content (AvgIpc) is 3.17. The fraction of sp³-hybridized carbons (Fsp3) is 0.143. The Morgan fingerprint density at radius 2 is 1.88 bits per heavy atom. The first kappa shape index (κ1) is 14.2. The molecule has 1 atom stereocenters. The quantitative estimate of drug-likeness (QED) is 0.670. The molecule has 0 radical (unpaired) electrons. The summed E-state index contributed by atoms with van der Waals surface area (Å²) in [7, 11) is 3.71. The number of aromatic nitrogens is 1. The third kappa shape index (κ3) is 1.66. The van der Waals surface area contributed by atoms with Crippen LogP contribution in [0, 0.1) is 11.3 Å². The number of aliphatic imine (C=N–C) groups is 1. The summed E-state index contributed by atoms with van der Waals surface area (Å²) in [5, 5.41) is 11.0. The molecular weight excluding hydrogens is 310 g/mol. The van der Waals surface area contributed by atoms with E-state index in [2.05, 4.69) is 22.8 Å². The topological polar surface area (TPSA) is 50.3 Å². The van der Waals surface area contributed by atoms with Crippen molar-refractivity contribution < 1.29 is 4.74 Å². The van der Waals surface area contributed by atoms with Crippen LogP contribution in [-0.4, -0.2) is 17.4 Å². The van der Waals surface area contributed by atoms with Gasteiger partial charge in [0, 0.05) is 41.8 Å². The van der Waals surface area contributed by atoms with Gasteiger partial charge in [-0.05, 0) is 12.1 Å². The lowest BCUT2D eigenvalue weighted by molar-refractivity contribution is 0.137. The van der Waals surface area contributed by atoms with E-state index in [1.165, 1.54) is 0 Å². The van der Waals surface area contributed by atoms with E-state index >= 15 is 0 Å². The highest BCUT2D eigenvalue weighted by Gasteiger charge is 2.40. The van der Waals surface area contributed by atoms with Crippen molar-refractivity contribution in [2.75, 3.05) is 7.11 Å². The Hall–Kier alpha value is -3.16. The largest absolute Gasteiger partial charge is 0.371 e. The van der Waals surface area contributed by atoms with Crippen LogP contribution in [0.15, 0.2) is 59.1 Å². The van der Waals surface area contributed by atoms with Crippen molar-refractivity contribution in [3.8, 4) is 6.07 Å². The molecule has 0 saturated carbocycles. The van der Waals surface area contributed by atoms with Crippen LogP contribution in [0.25, 0.3) is 16.5 Å². The Morgan fingerprint density at radius 3 is 2.68 bits per heavy atom. The smallest absolute Gasteiger partial charge is 0.120 e. The molecule has 0 bridgehead atoms. The maximum absolute atomic E-state index is 9.92. The van der Waals surface area contributed by atoms with Gasteiger partial charge in [-0.25, -0.2) is 4.99 Å². The van der Waals surface area contributed by atoms with Crippen LogP contribution in [-0.2, 0) is 11.8 Å². The van der Waals surface area contributed by atoms with Crippen molar-refractivity contribution in [3.05, 3.63) is 70.9 Å². The van der Waals surface area contributed by atoms with Gasteiger partial charge in [-0.15, -0.1) is 0 Å². The molecule has 1 aromatic heterocycles. The van der Waals surface area contributed by atoms with Gasteiger partial charge in [0.25, 0.3) is 0 Å². The molecule has 3 aromatic rings. The number of hydrogen-bond donors (Lipinski definition) is 0. The predicted molar refractivity (Wildman–Crippen MR) is 97.8 cm³/mol. The molecule has 0 spiro atoms. The monoisotopic (exact) mass is 325 g/mol. The summed E-state index contributed by atoms with van der Waals surface area (Å²) >= 11 is 0. The van der Waals surface area contributed by atoms with Crippen molar-refractivity contribution in [3.63, 3.8) is 0 Å². The Balaban J connectivity index is 1.96. The van der Waals surface area contributed by atoms with Crippen LogP contribution in [0.1, 0.15) is 22.9 Å². The van der Waals surface area contributed by atoms with Crippen LogP contribution in [0.3, 0.4) is 0 Å². The molecule has 2 aliphatic rings. The van der Waals surface area contributed by atoms with Crippen LogP contribution in [0.4, 0.5) is 5.69 Å². The molecule has 4 nitrogen and oxygen atoms in total. The lowest BCUT2D eigenvalue weighted by Crippen LogP contribution is -2.21. The highest BCUT2D eigenvalue weighted by atomic mass is 16.5. The Bertz CT molecular complexity index is 1160. The van der Waals surface area contributed by atoms with Crippen LogP contribution in [0.2, 0.25) is 0 Å². The van der Waals surface area contributed by atoms with Crippen molar-refractivity contribution in [2.45, 2.75) is 6.10 Å². The van der Waals surface area contributed by atoms with E-state index in [4.69, 9.17) is 9.73 Å². The third-order valence-electron chi connectivity index (χ3n) is 5.16. The van der Waals surface area contributed by atoms with Crippen LogP contribution in [0.5, 0.6) is 0 Å². The molecule has 5 rings (SSSR count). The highest BCUT2D eigenvalue weighted by Crippen LogP contribution is 2.49. The van der Waals surface area contributed by atoms with E-state index in [-0.39, 0.29) is 6.10 Å². The van der Waals surface area contributed by atoms with Gasteiger partial charge < -0.3 is 9.30 Å². The number of para-hydroxylation sites is 2. The summed E-state index contributed by atoms with van der Waals surface area (Å²) in [6.45, 7) is 0. The maximum atomic E-state index is 9.92. The third-order valence-corrected chi connectivity index (χ3v) is 5.16. The lowest BCUT2D eigenvalue weighted by atomic mass is 9.83. The number of allylic oxidation sites excluding steroid dienone is 1. The fourth-order valence-corrected chi connectivity index (χ4v) is 4.13. The molecule has 2 aromatic carbocycles. The molecular formula is C21H15N3O. The molecule has 25 heavy (non-hydrogen) atoms. The number of methoxy groups -OCH3 is 1. The SMILES string of the molecule is COC1C(C#N)=C2C(=Nc3ccccc32)c2c1c1ccccc1n2C. The summed E-state index contributed by atoms with van der Waals surface area (Å²) in [5.74, 6) is 0. The number of rotatable bonds is 1. The van der Waals surface area contributed by atoms with E-state index in [9.17, 15) is 5.26 Å². The highest BCUT2D eigenvalue weighted by molar-refractivity contribution is 6.39. The number of benzene rings is 2. The summed E-state index contributed by atoms with van der Waals surface area (Å²) < 4.78 is 7.98. The first-order chi connectivity index (χ1) is 12.3.